The Bertz CT molecular complexity index is 578. The molecular weight excluding hydrogens is 292 g/mol. The Morgan fingerprint density at radius 2 is 1.83 bits per heavy atom. The molecule has 0 saturated carbocycles. The number of hydrogen-bond acceptors (Lipinski definition) is 2. The summed E-state index contributed by atoms with van der Waals surface area (Å²) in [6.45, 7) is 2.16. The van der Waals surface area contributed by atoms with Crippen molar-refractivity contribution < 1.29 is 9.84 Å². The minimum absolute atomic E-state index is 0.0231. The van der Waals surface area contributed by atoms with E-state index in [4.69, 9.17) is 4.74 Å². The summed E-state index contributed by atoms with van der Waals surface area (Å²) in [4.78, 5) is 0. The van der Waals surface area contributed by atoms with Crippen molar-refractivity contribution in [2.24, 2.45) is 0 Å². The standard InChI is InChI=1S/C15H13BrO2/c1-9-13-8-11(16)4-7-14(13)18-15(9)10-2-5-12(17)6-3-10/h2-9,15,17H,1H3/t9-,15-/m1/s1. The van der Waals surface area contributed by atoms with Crippen molar-refractivity contribution in [1.82, 2.24) is 0 Å². The van der Waals surface area contributed by atoms with Gasteiger partial charge in [0.15, 0.2) is 0 Å². The highest BCUT2D eigenvalue weighted by Gasteiger charge is 2.32. The van der Waals surface area contributed by atoms with Gasteiger partial charge in [-0.25, -0.2) is 0 Å². The number of rotatable bonds is 1. The molecule has 3 rings (SSSR count). The van der Waals surface area contributed by atoms with E-state index in [1.54, 1.807) is 12.1 Å². The van der Waals surface area contributed by atoms with Gasteiger partial charge in [0.2, 0.25) is 0 Å². The predicted octanol–water partition coefficient (Wildman–Crippen LogP) is 4.39. The number of aromatic hydroxyl groups is 1. The van der Waals surface area contributed by atoms with Crippen LogP contribution in [0.3, 0.4) is 0 Å². The van der Waals surface area contributed by atoms with Crippen molar-refractivity contribution in [3.8, 4) is 11.5 Å². The van der Waals surface area contributed by atoms with E-state index in [1.807, 2.05) is 24.3 Å². The van der Waals surface area contributed by atoms with Gasteiger partial charge < -0.3 is 9.84 Å². The molecule has 2 aromatic carbocycles. The molecule has 2 aromatic rings. The van der Waals surface area contributed by atoms with Gasteiger partial charge in [-0.2, -0.15) is 0 Å². The second-order valence-electron chi connectivity index (χ2n) is 4.60. The fourth-order valence-electron chi connectivity index (χ4n) is 2.41. The van der Waals surface area contributed by atoms with Gasteiger partial charge in [-0.3, -0.25) is 0 Å². The molecule has 0 unspecified atom stereocenters. The van der Waals surface area contributed by atoms with Crippen LogP contribution in [0.1, 0.15) is 30.1 Å². The Labute approximate surface area is 114 Å². The molecule has 2 atom stereocenters. The molecule has 0 radical (unpaired) electrons. The van der Waals surface area contributed by atoms with Crippen LogP contribution in [0, 0.1) is 0 Å². The highest BCUT2D eigenvalue weighted by atomic mass is 79.9. The van der Waals surface area contributed by atoms with Gasteiger partial charge in [-0.15, -0.1) is 0 Å². The van der Waals surface area contributed by atoms with E-state index >= 15 is 0 Å². The molecule has 1 aliphatic rings. The average Bonchev–Trinajstić information content (AvgIpc) is 2.68. The Morgan fingerprint density at radius 3 is 2.56 bits per heavy atom. The smallest absolute Gasteiger partial charge is 0.130 e. The summed E-state index contributed by atoms with van der Waals surface area (Å²) in [6.07, 6.45) is 0.0231. The highest BCUT2D eigenvalue weighted by Crippen LogP contribution is 2.46. The van der Waals surface area contributed by atoms with Crippen molar-refractivity contribution in [2.75, 3.05) is 0 Å². The molecule has 0 bridgehead atoms. The number of halogens is 1. The number of phenols is 1. The maximum absolute atomic E-state index is 9.33. The topological polar surface area (TPSA) is 29.5 Å². The maximum Gasteiger partial charge on any atom is 0.130 e. The van der Waals surface area contributed by atoms with Crippen molar-refractivity contribution in [3.05, 3.63) is 58.1 Å². The Morgan fingerprint density at radius 1 is 1.11 bits per heavy atom. The largest absolute Gasteiger partial charge is 0.508 e. The Kier molecular flexibility index (Phi) is 2.78. The zero-order valence-electron chi connectivity index (χ0n) is 9.93. The minimum Gasteiger partial charge on any atom is -0.508 e. The Balaban J connectivity index is 1.96. The van der Waals surface area contributed by atoms with Crippen molar-refractivity contribution in [3.63, 3.8) is 0 Å². The first kappa shape index (κ1) is 11.6. The van der Waals surface area contributed by atoms with Crippen LogP contribution < -0.4 is 4.74 Å². The monoisotopic (exact) mass is 304 g/mol. The van der Waals surface area contributed by atoms with Crippen LogP contribution in [-0.2, 0) is 0 Å². The highest BCUT2D eigenvalue weighted by molar-refractivity contribution is 9.10. The van der Waals surface area contributed by atoms with Crippen molar-refractivity contribution in [2.45, 2.75) is 18.9 Å². The average molecular weight is 305 g/mol. The van der Waals surface area contributed by atoms with E-state index in [9.17, 15) is 5.11 Å². The molecule has 1 aliphatic heterocycles. The van der Waals surface area contributed by atoms with Gasteiger partial charge >= 0.3 is 0 Å². The normalized spacial score (nSPS) is 21.4. The van der Waals surface area contributed by atoms with Gasteiger partial charge in [-0.05, 0) is 35.9 Å². The number of benzene rings is 2. The zero-order valence-corrected chi connectivity index (χ0v) is 11.5. The molecule has 18 heavy (non-hydrogen) atoms. The first-order valence-corrected chi connectivity index (χ1v) is 6.69. The van der Waals surface area contributed by atoms with Crippen LogP contribution in [0.15, 0.2) is 46.9 Å². The number of hydrogen-bond donors (Lipinski definition) is 1. The third-order valence-electron chi connectivity index (χ3n) is 3.39. The molecule has 3 heteroatoms. The van der Waals surface area contributed by atoms with Crippen molar-refractivity contribution >= 4 is 15.9 Å². The molecule has 0 spiro atoms. The fourth-order valence-corrected chi connectivity index (χ4v) is 2.78. The van der Waals surface area contributed by atoms with Crippen LogP contribution in [0.25, 0.3) is 0 Å². The zero-order chi connectivity index (χ0) is 12.7. The predicted molar refractivity (Wildman–Crippen MR) is 74.0 cm³/mol. The third-order valence-corrected chi connectivity index (χ3v) is 3.89. The van der Waals surface area contributed by atoms with E-state index in [0.29, 0.717) is 5.92 Å². The molecule has 0 aliphatic carbocycles. The molecule has 0 aromatic heterocycles. The number of ether oxygens (including phenoxy) is 1. The summed E-state index contributed by atoms with van der Waals surface area (Å²) in [5.41, 5.74) is 2.31. The third kappa shape index (κ3) is 1.89. The maximum atomic E-state index is 9.33. The van der Waals surface area contributed by atoms with Crippen LogP contribution >= 0.6 is 15.9 Å². The van der Waals surface area contributed by atoms with E-state index < -0.39 is 0 Å². The summed E-state index contributed by atoms with van der Waals surface area (Å²) >= 11 is 3.49. The van der Waals surface area contributed by atoms with E-state index in [0.717, 1.165) is 15.8 Å². The van der Waals surface area contributed by atoms with Gasteiger partial charge in [0.1, 0.15) is 17.6 Å². The molecule has 0 fully saturated rings. The van der Waals surface area contributed by atoms with E-state index in [2.05, 4.69) is 28.9 Å². The summed E-state index contributed by atoms with van der Waals surface area (Å²) in [5.74, 6) is 1.54. The minimum atomic E-state index is 0.0231. The van der Waals surface area contributed by atoms with Gasteiger partial charge in [-0.1, -0.05) is 35.0 Å². The van der Waals surface area contributed by atoms with Crippen LogP contribution in [0.2, 0.25) is 0 Å². The van der Waals surface area contributed by atoms with Crippen LogP contribution in [0.5, 0.6) is 11.5 Å². The SMILES string of the molecule is C[C@@H]1c2cc(Br)ccc2O[C@H]1c1ccc(O)cc1. The number of phenolic OH excluding ortho intramolecular Hbond substituents is 1. The lowest BCUT2D eigenvalue weighted by molar-refractivity contribution is 0.216. The molecule has 1 N–H and O–H groups in total. The van der Waals surface area contributed by atoms with Crippen molar-refractivity contribution in [1.29, 1.82) is 0 Å². The fraction of sp³-hybridized carbons (Fsp3) is 0.200. The molecule has 0 amide bonds. The second kappa shape index (κ2) is 4.32. The number of fused-ring (bicyclic) bond motifs is 1. The van der Waals surface area contributed by atoms with E-state index in [1.165, 1.54) is 5.56 Å². The van der Waals surface area contributed by atoms with E-state index in [-0.39, 0.29) is 11.9 Å². The molecule has 0 saturated heterocycles. The van der Waals surface area contributed by atoms with Gasteiger partial charge in [0.05, 0.1) is 0 Å². The van der Waals surface area contributed by atoms with Crippen LogP contribution in [-0.4, -0.2) is 5.11 Å². The lowest BCUT2D eigenvalue weighted by Crippen LogP contribution is -2.06. The molecule has 1 heterocycles. The first-order chi connectivity index (χ1) is 8.65. The summed E-state index contributed by atoms with van der Waals surface area (Å²) < 4.78 is 7.07. The lowest BCUT2D eigenvalue weighted by Gasteiger charge is -2.15. The van der Waals surface area contributed by atoms with Gasteiger partial charge in [0.25, 0.3) is 0 Å². The summed E-state index contributed by atoms with van der Waals surface area (Å²) in [6, 6.07) is 13.3. The lowest BCUT2D eigenvalue weighted by atomic mass is 9.93. The summed E-state index contributed by atoms with van der Waals surface area (Å²) in [7, 11) is 0. The Hall–Kier alpha value is -1.48. The molecule has 92 valence electrons. The van der Waals surface area contributed by atoms with Gasteiger partial charge in [0, 0.05) is 16.0 Å². The second-order valence-corrected chi connectivity index (χ2v) is 5.52. The molecular formula is C15H13BrO2. The quantitative estimate of drug-likeness (QED) is 0.846. The summed E-state index contributed by atoms with van der Waals surface area (Å²) in [5, 5.41) is 9.33. The molecule has 2 nitrogen and oxygen atoms in total. The first-order valence-electron chi connectivity index (χ1n) is 5.90. The van der Waals surface area contributed by atoms with Crippen LogP contribution in [0.4, 0.5) is 0 Å².